The van der Waals surface area contributed by atoms with E-state index in [2.05, 4.69) is 44.5 Å². The molecule has 0 saturated heterocycles. The number of benzene rings is 2. The van der Waals surface area contributed by atoms with Crippen LogP contribution in [-0.2, 0) is 12.1 Å². The van der Waals surface area contributed by atoms with Crippen molar-refractivity contribution in [3.63, 3.8) is 0 Å². The highest BCUT2D eigenvalue weighted by Gasteiger charge is 2.33. The summed E-state index contributed by atoms with van der Waals surface area (Å²) in [6.45, 7) is 9.71. The zero-order valence-electron chi connectivity index (χ0n) is 19.8. The van der Waals surface area contributed by atoms with E-state index in [0.29, 0.717) is 41.5 Å². The van der Waals surface area contributed by atoms with Crippen LogP contribution >= 0.6 is 0 Å². The zero-order chi connectivity index (χ0) is 23.9. The molecule has 0 aliphatic carbocycles. The molecule has 4 aromatic rings. The van der Waals surface area contributed by atoms with Crippen LogP contribution in [0.3, 0.4) is 0 Å². The van der Waals surface area contributed by atoms with Crippen LogP contribution in [0.2, 0.25) is 0 Å². The van der Waals surface area contributed by atoms with Crippen molar-refractivity contribution in [1.29, 1.82) is 0 Å². The quantitative estimate of drug-likeness (QED) is 0.469. The third-order valence-electron chi connectivity index (χ3n) is 6.03. The molecule has 2 aromatic heterocycles. The lowest BCUT2D eigenvalue weighted by Gasteiger charge is -2.32. The second-order valence-corrected chi connectivity index (χ2v) is 9.42. The molecule has 1 atom stereocenters. The predicted molar refractivity (Wildman–Crippen MR) is 128 cm³/mol. The minimum atomic E-state index is -0.460. The van der Waals surface area contributed by atoms with Crippen LogP contribution in [0.1, 0.15) is 50.7 Å². The van der Waals surface area contributed by atoms with Gasteiger partial charge in [-0.2, -0.15) is 0 Å². The molecule has 176 valence electrons. The van der Waals surface area contributed by atoms with Gasteiger partial charge in [-0.1, -0.05) is 37.3 Å². The monoisotopic (exact) mass is 460 g/mol. The highest BCUT2D eigenvalue weighted by molar-refractivity contribution is 5.83. The molecule has 0 amide bonds. The van der Waals surface area contributed by atoms with Crippen molar-refractivity contribution in [2.24, 2.45) is 0 Å². The van der Waals surface area contributed by atoms with Crippen LogP contribution in [0.4, 0.5) is 0 Å². The van der Waals surface area contributed by atoms with Crippen molar-refractivity contribution < 1.29 is 9.47 Å². The second kappa shape index (κ2) is 8.57. The normalized spacial score (nSPS) is 14.1. The number of tetrazole rings is 1. The molecular weight excluding hydrogens is 432 g/mol. The first kappa shape index (κ1) is 22.1. The van der Waals surface area contributed by atoms with E-state index in [1.165, 1.54) is 0 Å². The van der Waals surface area contributed by atoms with E-state index in [9.17, 15) is 4.79 Å². The van der Waals surface area contributed by atoms with Gasteiger partial charge in [-0.15, -0.1) is 5.10 Å². The summed E-state index contributed by atoms with van der Waals surface area (Å²) in [5, 5.41) is 13.5. The van der Waals surface area contributed by atoms with E-state index in [0.717, 1.165) is 10.9 Å². The van der Waals surface area contributed by atoms with Crippen LogP contribution in [0.25, 0.3) is 10.9 Å². The van der Waals surface area contributed by atoms with Crippen LogP contribution in [0.15, 0.2) is 53.3 Å². The first-order valence-corrected chi connectivity index (χ1v) is 11.4. The summed E-state index contributed by atoms with van der Waals surface area (Å²) in [6, 6.07) is 15.3. The molecule has 34 heavy (non-hydrogen) atoms. The number of rotatable bonds is 6. The van der Waals surface area contributed by atoms with Gasteiger partial charge in [0.05, 0.1) is 11.1 Å². The molecule has 1 aliphatic rings. The third kappa shape index (κ3) is 4.03. The van der Waals surface area contributed by atoms with Gasteiger partial charge in [0.1, 0.15) is 6.04 Å². The lowest BCUT2D eigenvalue weighted by Crippen LogP contribution is -2.37. The molecule has 5 rings (SSSR count). The molecule has 9 heteroatoms. The van der Waals surface area contributed by atoms with Gasteiger partial charge in [-0.25, -0.2) is 4.68 Å². The highest BCUT2D eigenvalue weighted by atomic mass is 16.7. The van der Waals surface area contributed by atoms with Gasteiger partial charge in [0.25, 0.3) is 5.56 Å². The Morgan fingerprint density at radius 1 is 1.12 bits per heavy atom. The molecule has 3 heterocycles. The lowest BCUT2D eigenvalue weighted by molar-refractivity contribution is 0.174. The number of hydrogen-bond acceptors (Lipinski definition) is 7. The first-order chi connectivity index (χ1) is 16.3. The fraction of sp³-hybridized carbons (Fsp3) is 0.360. The fourth-order valence-electron chi connectivity index (χ4n) is 4.36. The average Bonchev–Trinajstić information content (AvgIpc) is 3.47. The van der Waals surface area contributed by atoms with Crippen molar-refractivity contribution in [2.75, 3.05) is 13.3 Å². The molecule has 0 fully saturated rings. The minimum absolute atomic E-state index is 0.173. The molecule has 0 saturated carbocycles. The number of pyridine rings is 1. The minimum Gasteiger partial charge on any atom is -0.454 e. The summed E-state index contributed by atoms with van der Waals surface area (Å²) in [4.78, 5) is 18.7. The van der Waals surface area contributed by atoms with Gasteiger partial charge < -0.3 is 14.5 Å². The Labute approximate surface area is 197 Å². The van der Waals surface area contributed by atoms with Crippen molar-refractivity contribution in [3.8, 4) is 11.5 Å². The number of ether oxygens (including phenoxy) is 2. The topological polar surface area (TPSA) is 98.2 Å². The molecular formula is C25H28N6O3. The Balaban J connectivity index is 1.69. The maximum atomic E-state index is 13.5. The van der Waals surface area contributed by atoms with Crippen LogP contribution in [0, 0.1) is 0 Å². The van der Waals surface area contributed by atoms with Crippen LogP contribution < -0.4 is 15.0 Å². The summed E-state index contributed by atoms with van der Waals surface area (Å²) in [7, 11) is 0. The molecule has 0 radical (unpaired) electrons. The fourth-order valence-corrected chi connectivity index (χ4v) is 4.36. The summed E-state index contributed by atoms with van der Waals surface area (Å²) in [6.07, 6.45) is 0. The second-order valence-electron chi connectivity index (χ2n) is 9.42. The molecule has 0 unspecified atom stereocenters. The van der Waals surface area contributed by atoms with Crippen molar-refractivity contribution >= 4 is 10.9 Å². The van der Waals surface area contributed by atoms with E-state index in [1.54, 1.807) is 10.7 Å². The van der Waals surface area contributed by atoms with Crippen molar-refractivity contribution in [1.82, 2.24) is 30.1 Å². The standard InChI is InChI=1S/C25H28N6O3/c1-5-30(14-16-9-7-6-8-10-16)22(23-27-28-29-31(23)25(2,3)4)18-11-17-12-20-21(34-15-33-20)13-19(17)26-24(18)32/h6-13,22H,5,14-15H2,1-4H3,(H,26,32)/t22-/m1/s1. The Hall–Kier alpha value is -3.72. The van der Waals surface area contributed by atoms with Gasteiger partial charge in [-0.3, -0.25) is 9.69 Å². The van der Waals surface area contributed by atoms with E-state index in [-0.39, 0.29) is 17.9 Å². The van der Waals surface area contributed by atoms with Crippen molar-refractivity contribution in [2.45, 2.75) is 45.8 Å². The van der Waals surface area contributed by atoms with Crippen LogP contribution in [0.5, 0.6) is 11.5 Å². The van der Waals surface area contributed by atoms with E-state index in [1.807, 2.05) is 51.1 Å². The Bertz CT molecular complexity index is 1370. The van der Waals surface area contributed by atoms with Gasteiger partial charge in [0.15, 0.2) is 17.3 Å². The highest BCUT2D eigenvalue weighted by Crippen LogP contribution is 2.36. The van der Waals surface area contributed by atoms with Gasteiger partial charge in [0.2, 0.25) is 6.79 Å². The number of aromatic amines is 1. The van der Waals surface area contributed by atoms with E-state index in [4.69, 9.17) is 9.47 Å². The molecule has 2 aromatic carbocycles. The summed E-state index contributed by atoms with van der Waals surface area (Å²) in [5.74, 6) is 1.91. The van der Waals surface area contributed by atoms with Crippen LogP contribution in [-0.4, -0.2) is 43.4 Å². The lowest BCUT2D eigenvalue weighted by atomic mass is 10.0. The van der Waals surface area contributed by atoms with E-state index < -0.39 is 6.04 Å². The maximum absolute atomic E-state index is 13.5. The molecule has 0 bridgehead atoms. The predicted octanol–water partition coefficient (Wildman–Crippen LogP) is 3.61. The van der Waals surface area contributed by atoms with Crippen molar-refractivity contribution in [3.05, 3.63) is 75.8 Å². The summed E-state index contributed by atoms with van der Waals surface area (Å²) >= 11 is 0. The van der Waals surface area contributed by atoms with Gasteiger partial charge >= 0.3 is 0 Å². The molecule has 1 N–H and O–H groups in total. The molecule has 9 nitrogen and oxygen atoms in total. The Morgan fingerprint density at radius 3 is 2.56 bits per heavy atom. The number of nitrogens with zero attached hydrogens (tertiary/aromatic N) is 5. The third-order valence-corrected chi connectivity index (χ3v) is 6.03. The number of hydrogen-bond donors (Lipinski definition) is 1. The number of nitrogens with one attached hydrogen (secondary N) is 1. The van der Waals surface area contributed by atoms with E-state index >= 15 is 0 Å². The SMILES string of the molecule is CCN(Cc1ccccc1)[C@H](c1cc2cc3c(cc2[nH]c1=O)OCO3)c1nnnn1C(C)(C)C. The molecule has 0 spiro atoms. The number of H-pyrrole nitrogens is 1. The summed E-state index contributed by atoms with van der Waals surface area (Å²) < 4.78 is 12.8. The number of fused-ring (bicyclic) bond motifs is 2. The summed E-state index contributed by atoms with van der Waals surface area (Å²) in [5.41, 5.74) is 1.86. The largest absolute Gasteiger partial charge is 0.454 e. The molecule has 1 aliphatic heterocycles. The maximum Gasteiger partial charge on any atom is 0.253 e. The smallest absolute Gasteiger partial charge is 0.253 e. The Morgan fingerprint density at radius 2 is 1.85 bits per heavy atom. The van der Waals surface area contributed by atoms with Gasteiger partial charge in [-0.05, 0) is 55.4 Å². The first-order valence-electron chi connectivity index (χ1n) is 11.4. The number of aromatic nitrogens is 5. The van der Waals surface area contributed by atoms with Gasteiger partial charge in [0, 0.05) is 23.6 Å². The average molecular weight is 461 g/mol. The zero-order valence-corrected chi connectivity index (χ0v) is 19.8. The Kier molecular flexibility index (Phi) is 5.57.